The number of aromatic nitrogens is 3. The maximum Gasteiger partial charge on any atom is 0.361 e. The molecule has 1 aliphatic carbocycles. The van der Waals surface area contributed by atoms with E-state index in [9.17, 15) is 14.4 Å². The fourth-order valence-electron chi connectivity index (χ4n) is 2.82. The molecule has 1 aliphatic rings. The van der Waals surface area contributed by atoms with Crippen LogP contribution in [-0.2, 0) is 14.3 Å². The predicted octanol–water partition coefficient (Wildman–Crippen LogP) is 1.09. The van der Waals surface area contributed by atoms with Crippen LogP contribution >= 0.6 is 0 Å². The van der Waals surface area contributed by atoms with Crippen molar-refractivity contribution in [2.75, 3.05) is 20.2 Å². The molecule has 0 saturated heterocycles. The van der Waals surface area contributed by atoms with Gasteiger partial charge in [0.2, 0.25) is 5.91 Å². The molecule has 29 heavy (non-hydrogen) atoms. The Morgan fingerprint density at radius 3 is 2.59 bits per heavy atom. The lowest BCUT2D eigenvalue weighted by Gasteiger charge is -2.16. The monoisotopic (exact) mass is 399 g/mol. The van der Waals surface area contributed by atoms with Gasteiger partial charge >= 0.3 is 5.97 Å². The molecule has 1 N–H and O–H groups in total. The molecule has 2 aromatic rings. The molecule has 3 rings (SSSR count). The average Bonchev–Trinajstić information content (AvgIpc) is 3.38. The van der Waals surface area contributed by atoms with Crippen LogP contribution in [-0.4, -0.2) is 63.9 Å². The SMILES string of the molecule is Cc1ccc(-n2nc(C)c(C(=O)OCC(=O)N(C)CC(=O)NC3CC3)n2)c(C)c1. The van der Waals surface area contributed by atoms with Gasteiger partial charge in [0.1, 0.15) is 0 Å². The fraction of sp³-hybridized carbons (Fsp3) is 0.450. The number of rotatable bonds is 7. The van der Waals surface area contributed by atoms with Gasteiger partial charge in [0.05, 0.1) is 17.9 Å². The number of carbonyl (C=O) groups is 3. The van der Waals surface area contributed by atoms with E-state index in [2.05, 4.69) is 15.5 Å². The number of ether oxygens (including phenoxy) is 1. The average molecular weight is 399 g/mol. The molecule has 0 atom stereocenters. The van der Waals surface area contributed by atoms with E-state index in [0.29, 0.717) is 5.69 Å². The van der Waals surface area contributed by atoms with Crippen LogP contribution in [0.3, 0.4) is 0 Å². The van der Waals surface area contributed by atoms with Gasteiger partial charge in [-0.3, -0.25) is 9.59 Å². The van der Waals surface area contributed by atoms with Gasteiger partial charge < -0.3 is 15.0 Å². The van der Waals surface area contributed by atoms with Gasteiger partial charge in [0.25, 0.3) is 5.91 Å². The van der Waals surface area contributed by atoms with Crippen molar-refractivity contribution in [2.24, 2.45) is 0 Å². The molecule has 1 heterocycles. The van der Waals surface area contributed by atoms with Gasteiger partial charge in [0, 0.05) is 13.1 Å². The van der Waals surface area contributed by atoms with Crippen LogP contribution in [0.15, 0.2) is 18.2 Å². The Bertz CT molecular complexity index is 948. The highest BCUT2D eigenvalue weighted by Crippen LogP contribution is 2.18. The molecule has 0 radical (unpaired) electrons. The van der Waals surface area contributed by atoms with Crippen LogP contribution in [0.4, 0.5) is 0 Å². The number of hydrogen-bond donors (Lipinski definition) is 1. The van der Waals surface area contributed by atoms with Gasteiger partial charge in [-0.15, -0.1) is 5.10 Å². The summed E-state index contributed by atoms with van der Waals surface area (Å²) >= 11 is 0. The quantitative estimate of drug-likeness (QED) is 0.699. The summed E-state index contributed by atoms with van der Waals surface area (Å²) in [7, 11) is 1.49. The third-order valence-corrected chi connectivity index (χ3v) is 4.62. The molecule has 0 unspecified atom stereocenters. The Balaban J connectivity index is 1.58. The Labute approximate surface area is 169 Å². The Hall–Kier alpha value is -3.23. The Kier molecular flexibility index (Phi) is 5.95. The van der Waals surface area contributed by atoms with Crippen molar-refractivity contribution in [2.45, 2.75) is 39.7 Å². The van der Waals surface area contributed by atoms with Crippen molar-refractivity contribution in [3.63, 3.8) is 0 Å². The molecule has 9 heteroatoms. The molecule has 1 saturated carbocycles. The summed E-state index contributed by atoms with van der Waals surface area (Å²) in [6.07, 6.45) is 1.95. The molecule has 0 bridgehead atoms. The fourth-order valence-corrected chi connectivity index (χ4v) is 2.82. The number of benzene rings is 1. The summed E-state index contributed by atoms with van der Waals surface area (Å²) < 4.78 is 5.09. The van der Waals surface area contributed by atoms with Crippen LogP contribution in [0, 0.1) is 20.8 Å². The van der Waals surface area contributed by atoms with Crippen molar-refractivity contribution in [3.8, 4) is 5.69 Å². The number of esters is 1. The van der Waals surface area contributed by atoms with Gasteiger partial charge in [-0.1, -0.05) is 17.7 Å². The van der Waals surface area contributed by atoms with Gasteiger partial charge in [0.15, 0.2) is 12.3 Å². The second-order valence-electron chi connectivity index (χ2n) is 7.38. The zero-order valence-electron chi connectivity index (χ0n) is 17.1. The van der Waals surface area contributed by atoms with E-state index in [1.54, 1.807) is 6.92 Å². The third-order valence-electron chi connectivity index (χ3n) is 4.62. The van der Waals surface area contributed by atoms with E-state index in [4.69, 9.17) is 4.74 Å². The molecular weight excluding hydrogens is 374 g/mol. The lowest BCUT2D eigenvalue weighted by atomic mass is 10.1. The molecule has 1 aromatic heterocycles. The van der Waals surface area contributed by atoms with Crippen molar-refractivity contribution in [1.82, 2.24) is 25.2 Å². The predicted molar refractivity (Wildman–Crippen MR) is 105 cm³/mol. The number of hydrogen-bond acceptors (Lipinski definition) is 6. The maximum atomic E-state index is 12.4. The maximum absolute atomic E-state index is 12.4. The number of nitrogens with zero attached hydrogens (tertiary/aromatic N) is 4. The number of carbonyl (C=O) groups excluding carboxylic acids is 3. The minimum Gasteiger partial charge on any atom is -0.451 e. The first-order chi connectivity index (χ1) is 13.7. The molecule has 154 valence electrons. The first kappa shape index (κ1) is 20.5. The van der Waals surface area contributed by atoms with Crippen molar-refractivity contribution in [3.05, 3.63) is 40.7 Å². The van der Waals surface area contributed by atoms with Crippen LogP contribution < -0.4 is 5.32 Å². The smallest absolute Gasteiger partial charge is 0.361 e. The summed E-state index contributed by atoms with van der Waals surface area (Å²) in [4.78, 5) is 38.9. The number of likely N-dealkylation sites (N-methyl/N-ethyl adjacent to an activating group) is 1. The zero-order chi connectivity index (χ0) is 21.1. The topological polar surface area (TPSA) is 106 Å². The Morgan fingerprint density at radius 1 is 1.21 bits per heavy atom. The lowest BCUT2D eigenvalue weighted by Crippen LogP contribution is -2.40. The minimum absolute atomic E-state index is 0.0481. The zero-order valence-corrected chi connectivity index (χ0v) is 17.1. The van der Waals surface area contributed by atoms with Crippen LogP contribution in [0.2, 0.25) is 0 Å². The number of aryl methyl sites for hydroxylation is 3. The molecule has 1 fully saturated rings. The summed E-state index contributed by atoms with van der Waals surface area (Å²) in [5.74, 6) is -1.42. The van der Waals surface area contributed by atoms with Gasteiger partial charge in [-0.2, -0.15) is 9.90 Å². The van der Waals surface area contributed by atoms with Crippen molar-refractivity contribution >= 4 is 17.8 Å². The molecule has 0 spiro atoms. The van der Waals surface area contributed by atoms with E-state index in [1.165, 1.54) is 16.7 Å². The standard InChI is InChI=1S/C20H25N5O4/c1-12-5-8-16(13(2)9-12)25-22-14(3)19(23-25)20(28)29-11-18(27)24(4)10-17(26)21-15-6-7-15/h5,8-9,15H,6-7,10-11H2,1-4H3,(H,21,26). The summed E-state index contributed by atoms with van der Waals surface area (Å²) in [5.41, 5.74) is 3.30. The summed E-state index contributed by atoms with van der Waals surface area (Å²) in [6, 6.07) is 6.04. The molecule has 9 nitrogen and oxygen atoms in total. The Morgan fingerprint density at radius 2 is 1.93 bits per heavy atom. The normalized spacial score (nSPS) is 13.1. The molecule has 2 amide bonds. The van der Waals surface area contributed by atoms with E-state index in [0.717, 1.165) is 29.7 Å². The van der Waals surface area contributed by atoms with Gasteiger partial charge in [-0.05, 0) is 45.2 Å². The van der Waals surface area contributed by atoms with E-state index < -0.39 is 18.5 Å². The summed E-state index contributed by atoms with van der Waals surface area (Å²) in [6.45, 7) is 5.04. The first-order valence-electron chi connectivity index (χ1n) is 9.46. The highest BCUT2D eigenvalue weighted by Gasteiger charge is 2.25. The minimum atomic E-state index is -0.734. The first-order valence-corrected chi connectivity index (χ1v) is 9.46. The van der Waals surface area contributed by atoms with Gasteiger partial charge in [-0.25, -0.2) is 4.79 Å². The number of amides is 2. The molecular formula is C20H25N5O4. The third kappa shape index (κ3) is 5.18. The largest absolute Gasteiger partial charge is 0.451 e. The van der Waals surface area contributed by atoms with E-state index in [1.807, 2.05) is 32.0 Å². The summed E-state index contributed by atoms with van der Waals surface area (Å²) in [5, 5.41) is 11.3. The second-order valence-corrected chi connectivity index (χ2v) is 7.38. The van der Waals surface area contributed by atoms with Crippen molar-refractivity contribution in [1.29, 1.82) is 0 Å². The van der Waals surface area contributed by atoms with Crippen LogP contribution in [0.1, 0.15) is 40.2 Å². The second kappa shape index (κ2) is 8.42. The number of nitrogens with one attached hydrogen (secondary N) is 1. The van der Waals surface area contributed by atoms with Crippen LogP contribution in [0.25, 0.3) is 5.69 Å². The highest BCUT2D eigenvalue weighted by atomic mass is 16.5. The van der Waals surface area contributed by atoms with E-state index >= 15 is 0 Å². The van der Waals surface area contributed by atoms with E-state index in [-0.39, 0.29) is 24.2 Å². The molecule has 1 aromatic carbocycles. The lowest BCUT2D eigenvalue weighted by molar-refractivity contribution is -0.137. The van der Waals surface area contributed by atoms with Crippen molar-refractivity contribution < 1.29 is 19.1 Å². The highest BCUT2D eigenvalue weighted by molar-refractivity contribution is 5.91. The van der Waals surface area contributed by atoms with Crippen LogP contribution in [0.5, 0.6) is 0 Å². The molecule has 0 aliphatic heterocycles.